The molecule has 21 heavy (non-hydrogen) atoms. The molecule has 1 aliphatic carbocycles. The number of hydrogen-bond acceptors (Lipinski definition) is 3. The fourth-order valence-electron chi connectivity index (χ4n) is 3.01. The number of hydrogen-bond donors (Lipinski definition) is 2. The summed E-state index contributed by atoms with van der Waals surface area (Å²) in [4.78, 5) is 13.8. The molecule has 0 saturated heterocycles. The molecule has 2 rings (SSSR count). The monoisotopic (exact) mass is 292 g/mol. The molecule has 1 atom stereocenters. The van der Waals surface area contributed by atoms with Gasteiger partial charge in [-0.25, -0.2) is 4.79 Å². The summed E-state index contributed by atoms with van der Waals surface area (Å²) in [6.07, 6.45) is 3.88. The standard InChI is InChI=1S/C17H25NO3/c1-18(2)12-13-21-16(19)17(20,15-10-6-7-11-15)14-8-4-3-5-9-14/h3-5,8-9,15,20H,6-7,10-13H2,1-2H3/p+1/t17-/m0/s1. The Balaban J connectivity index is 2.17. The van der Waals surface area contributed by atoms with E-state index in [1.54, 1.807) is 0 Å². The van der Waals surface area contributed by atoms with Crippen molar-refractivity contribution in [1.82, 2.24) is 0 Å². The van der Waals surface area contributed by atoms with Crippen molar-refractivity contribution in [3.05, 3.63) is 35.9 Å². The number of nitrogens with one attached hydrogen (secondary N) is 1. The van der Waals surface area contributed by atoms with Crippen LogP contribution in [0, 0.1) is 5.92 Å². The van der Waals surface area contributed by atoms with Crippen molar-refractivity contribution in [3.8, 4) is 0 Å². The number of quaternary nitrogens is 1. The van der Waals surface area contributed by atoms with Gasteiger partial charge in [0.05, 0.1) is 14.1 Å². The fraction of sp³-hybridized carbons (Fsp3) is 0.588. The smallest absolute Gasteiger partial charge is 0.343 e. The van der Waals surface area contributed by atoms with Gasteiger partial charge in [0.1, 0.15) is 13.2 Å². The largest absolute Gasteiger partial charge is 0.457 e. The lowest BCUT2D eigenvalue weighted by atomic mass is 9.80. The van der Waals surface area contributed by atoms with Crippen LogP contribution in [-0.2, 0) is 15.1 Å². The average Bonchev–Trinajstić information content (AvgIpc) is 3.01. The minimum Gasteiger partial charge on any atom is -0.457 e. The van der Waals surface area contributed by atoms with Crippen LogP contribution in [0.15, 0.2) is 30.3 Å². The SMILES string of the molecule is C[NH+](C)CCOC(=O)[C@](O)(c1ccccc1)C1CCCC1. The van der Waals surface area contributed by atoms with Crippen molar-refractivity contribution >= 4 is 5.97 Å². The van der Waals surface area contributed by atoms with Crippen LogP contribution in [0.1, 0.15) is 31.2 Å². The molecule has 0 bridgehead atoms. The Kier molecular flexibility index (Phi) is 5.37. The third-order valence-corrected chi connectivity index (χ3v) is 4.31. The number of rotatable bonds is 6. The van der Waals surface area contributed by atoms with Crippen molar-refractivity contribution < 1.29 is 19.5 Å². The summed E-state index contributed by atoms with van der Waals surface area (Å²) in [5.41, 5.74) is -0.849. The number of aliphatic hydroxyl groups is 1. The van der Waals surface area contributed by atoms with E-state index in [4.69, 9.17) is 4.74 Å². The Hall–Kier alpha value is -1.39. The van der Waals surface area contributed by atoms with Gasteiger partial charge < -0.3 is 14.7 Å². The molecule has 0 radical (unpaired) electrons. The minimum atomic E-state index is -1.50. The predicted molar refractivity (Wildman–Crippen MR) is 80.9 cm³/mol. The second-order valence-electron chi connectivity index (χ2n) is 6.21. The Bertz CT molecular complexity index is 454. The fourth-order valence-corrected chi connectivity index (χ4v) is 3.01. The predicted octanol–water partition coefficient (Wildman–Crippen LogP) is 0.752. The van der Waals surface area contributed by atoms with Crippen LogP contribution in [0.5, 0.6) is 0 Å². The van der Waals surface area contributed by atoms with Gasteiger partial charge >= 0.3 is 5.97 Å². The normalized spacial score (nSPS) is 18.7. The molecule has 0 heterocycles. The molecule has 1 aliphatic rings. The molecule has 4 nitrogen and oxygen atoms in total. The lowest BCUT2D eigenvalue weighted by molar-refractivity contribution is -0.858. The van der Waals surface area contributed by atoms with E-state index in [0.29, 0.717) is 12.2 Å². The van der Waals surface area contributed by atoms with Crippen LogP contribution in [0.25, 0.3) is 0 Å². The Labute approximate surface area is 126 Å². The highest BCUT2D eigenvalue weighted by Crippen LogP contribution is 2.41. The number of benzene rings is 1. The van der Waals surface area contributed by atoms with Gasteiger partial charge in [-0.3, -0.25) is 0 Å². The summed E-state index contributed by atoms with van der Waals surface area (Å²) in [5, 5.41) is 11.1. The van der Waals surface area contributed by atoms with Crippen molar-refractivity contribution in [3.63, 3.8) is 0 Å². The van der Waals surface area contributed by atoms with E-state index in [1.165, 1.54) is 4.90 Å². The molecule has 0 amide bonds. The molecule has 1 aromatic rings. The van der Waals surface area contributed by atoms with Gasteiger partial charge in [-0.05, 0) is 18.4 Å². The van der Waals surface area contributed by atoms with Crippen LogP contribution in [0.2, 0.25) is 0 Å². The molecule has 2 N–H and O–H groups in total. The van der Waals surface area contributed by atoms with Crippen LogP contribution < -0.4 is 4.90 Å². The van der Waals surface area contributed by atoms with Crippen LogP contribution in [0.3, 0.4) is 0 Å². The number of ether oxygens (including phenoxy) is 1. The zero-order valence-electron chi connectivity index (χ0n) is 13.0. The van der Waals surface area contributed by atoms with Crippen molar-refractivity contribution in [2.45, 2.75) is 31.3 Å². The van der Waals surface area contributed by atoms with Crippen LogP contribution in [-0.4, -0.2) is 38.3 Å². The molecule has 116 valence electrons. The first-order valence-corrected chi connectivity index (χ1v) is 7.79. The van der Waals surface area contributed by atoms with E-state index in [9.17, 15) is 9.90 Å². The van der Waals surface area contributed by atoms with Crippen LogP contribution >= 0.6 is 0 Å². The van der Waals surface area contributed by atoms with Gasteiger partial charge in [0.25, 0.3) is 0 Å². The van der Waals surface area contributed by atoms with Crippen molar-refractivity contribution in [1.29, 1.82) is 0 Å². The van der Waals surface area contributed by atoms with Gasteiger partial charge in [0.2, 0.25) is 0 Å². The van der Waals surface area contributed by atoms with Gasteiger partial charge in [0, 0.05) is 5.92 Å². The molecule has 0 unspecified atom stereocenters. The third kappa shape index (κ3) is 3.63. The number of esters is 1. The summed E-state index contributed by atoms with van der Waals surface area (Å²) in [6.45, 7) is 1.07. The first kappa shape index (κ1) is 16.0. The van der Waals surface area contributed by atoms with E-state index in [0.717, 1.165) is 32.2 Å². The maximum absolute atomic E-state index is 12.6. The number of likely N-dealkylation sites (N-methyl/N-ethyl adjacent to an activating group) is 1. The first-order chi connectivity index (χ1) is 10.0. The zero-order chi connectivity index (χ0) is 15.3. The van der Waals surface area contributed by atoms with Gasteiger partial charge in [-0.2, -0.15) is 0 Å². The van der Waals surface area contributed by atoms with Crippen LogP contribution in [0.4, 0.5) is 0 Å². The highest BCUT2D eigenvalue weighted by atomic mass is 16.5. The quantitative estimate of drug-likeness (QED) is 0.761. The summed E-state index contributed by atoms with van der Waals surface area (Å²) >= 11 is 0. The number of carbonyl (C=O) groups excluding carboxylic acids is 1. The van der Waals surface area contributed by atoms with E-state index < -0.39 is 11.6 Å². The molecule has 0 aromatic heterocycles. The molecular formula is C17H26NO3+. The lowest BCUT2D eigenvalue weighted by Gasteiger charge is -2.32. The molecular weight excluding hydrogens is 266 g/mol. The van der Waals surface area contributed by atoms with Gasteiger partial charge in [-0.1, -0.05) is 43.2 Å². The first-order valence-electron chi connectivity index (χ1n) is 7.79. The van der Waals surface area contributed by atoms with E-state index >= 15 is 0 Å². The second-order valence-corrected chi connectivity index (χ2v) is 6.21. The summed E-state index contributed by atoms with van der Waals surface area (Å²) in [6, 6.07) is 9.23. The van der Waals surface area contributed by atoms with Gasteiger partial charge in [0.15, 0.2) is 5.60 Å². The lowest BCUT2D eigenvalue weighted by Crippen LogP contribution is -3.06. The molecule has 1 aromatic carbocycles. The highest BCUT2D eigenvalue weighted by Gasteiger charge is 2.47. The third-order valence-electron chi connectivity index (χ3n) is 4.31. The zero-order valence-corrected chi connectivity index (χ0v) is 13.0. The Morgan fingerprint density at radius 2 is 1.90 bits per heavy atom. The van der Waals surface area contributed by atoms with Crippen molar-refractivity contribution in [2.75, 3.05) is 27.2 Å². The van der Waals surface area contributed by atoms with E-state index in [-0.39, 0.29) is 5.92 Å². The summed E-state index contributed by atoms with van der Waals surface area (Å²) in [7, 11) is 4.02. The summed E-state index contributed by atoms with van der Waals surface area (Å²) in [5.74, 6) is -0.541. The molecule has 1 fully saturated rings. The highest BCUT2D eigenvalue weighted by molar-refractivity contribution is 5.81. The summed E-state index contributed by atoms with van der Waals surface area (Å²) < 4.78 is 5.38. The molecule has 1 saturated carbocycles. The maximum atomic E-state index is 12.6. The Morgan fingerprint density at radius 3 is 2.48 bits per heavy atom. The molecule has 4 heteroatoms. The maximum Gasteiger partial charge on any atom is 0.343 e. The minimum absolute atomic E-state index is 0.0425. The molecule has 0 aliphatic heterocycles. The Morgan fingerprint density at radius 1 is 1.29 bits per heavy atom. The molecule has 0 spiro atoms. The van der Waals surface area contributed by atoms with E-state index in [2.05, 4.69) is 0 Å². The average molecular weight is 292 g/mol. The van der Waals surface area contributed by atoms with E-state index in [1.807, 2.05) is 44.4 Å². The number of carbonyl (C=O) groups is 1. The topological polar surface area (TPSA) is 51.0 Å². The van der Waals surface area contributed by atoms with Crippen molar-refractivity contribution in [2.24, 2.45) is 5.92 Å². The van der Waals surface area contributed by atoms with Gasteiger partial charge in [-0.15, -0.1) is 0 Å². The second kappa shape index (κ2) is 7.05.